The van der Waals surface area contributed by atoms with Gasteiger partial charge in [0.15, 0.2) is 6.04 Å². The lowest BCUT2D eigenvalue weighted by atomic mass is 9.99. The van der Waals surface area contributed by atoms with Crippen LogP contribution >= 0.6 is 0 Å². The number of ether oxygens (including phenoxy) is 2. The topological polar surface area (TPSA) is 102 Å². The summed E-state index contributed by atoms with van der Waals surface area (Å²) in [6, 6.07) is -1.23. The number of nitrogens with one attached hydrogen (secondary N) is 1. The van der Waals surface area contributed by atoms with E-state index >= 15 is 0 Å². The van der Waals surface area contributed by atoms with E-state index in [9.17, 15) is 19.5 Å². The molecule has 3 atom stereocenters. The second-order valence-electron chi connectivity index (χ2n) is 4.24. The number of aliphatic hydroxyl groups is 1. The van der Waals surface area contributed by atoms with Gasteiger partial charge in [-0.2, -0.15) is 0 Å². The molecule has 0 fully saturated rings. The second-order valence-corrected chi connectivity index (χ2v) is 4.24. The lowest BCUT2D eigenvalue weighted by molar-refractivity contribution is -0.149. The highest BCUT2D eigenvalue weighted by Gasteiger charge is 2.30. The van der Waals surface area contributed by atoms with Crippen LogP contribution in [0.2, 0.25) is 0 Å². The molecule has 0 radical (unpaired) electrons. The molecule has 0 saturated heterocycles. The van der Waals surface area contributed by atoms with Crippen molar-refractivity contribution in [1.82, 2.24) is 5.32 Å². The van der Waals surface area contributed by atoms with Crippen LogP contribution in [0.4, 0.5) is 0 Å². The highest BCUT2D eigenvalue weighted by molar-refractivity contribution is 5.79. The predicted molar refractivity (Wildman–Crippen MR) is 70.6 cm³/mol. The SMILES string of the molecule is C=C(CC(C)OC(C)=O)C(O)C(NC=O)C(=O)OCC. The summed E-state index contributed by atoms with van der Waals surface area (Å²) in [6.45, 7) is 8.28. The van der Waals surface area contributed by atoms with Crippen molar-refractivity contribution in [2.24, 2.45) is 0 Å². The number of amides is 1. The summed E-state index contributed by atoms with van der Waals surface area (Å²) in [6.07, 6.45) is -1.35. The molecule has 0 aromatic carbocycles. The standard InChI is InChI=1S/C13H21NO6/c1-5-19-13(18)11(14-7-15)12(17)8(2)6-9(3)20-10(4)16/h7,9,11-12,17H,2,5-6H2,1,3-4H3,(H,14,15). The van der Waals surface area contributed by atoms with Crippen molar-refractivity contribution in [3.8, 4) is 0 Å². The minimum Gasteiger partial charge on any atom is -0.464 e. The van der Waals surface area contributed by atoms with Gasteiger partial charge < -0.3 is 19.9 Å². The van der Waals surface area contributed by atoms with Crippen LogP contribution in [0, 0.1) is 0 Å². The van der Waals surface area contributed by atoms with Gasteiger partial charge in [0.1, 0.15) is 12.2 Å². The van der Waals surface area contributed by atoms with E-state index in [2.05, 4.69) is 11.9 Å². The Morgan fingerprint density at radius 3 is 2.50 bits per heavy atom. The molecule has 0 aliphatic carbocycles. The van der Waals surface area contributed by atoms with Crippen molar-refractivity contribution in [3.05, 3.63) is 12.2 Å². The van der Waals surface area contributed by atoms with E-state index in [0.717, 1.165) is 0 Å². The Balaban J connectivity index is 4.66. The zero-order valence-corrected chi connectivity index (χ0v) is 11.9. The van der Waals surface area contributed by atoms with Crippen molar-refractivity contribution in [1.29, 1.82) is 0 Å². The number of rotatable bonds is 9. The molecule has 1 amide bonds. The number of hydrogen-bond acceptors (Lipinski definition) is 6. The molecule has 0 rings (SSSR count). The zero-order valence-electron chi connectivity index (χ0n) is 11.9. The fourth-order valence-corrected chi connectivity index (χ4v) is 1.64. The van der Waals surface area contributed by atoms with Crippen molar-refractivity contribution in [3.63, 3.8) is 0 Å². The maximum absolute atomic E-state index is 11.6. The molecule has 0 aromatic rings. The third kappa shape index (κ3) is 6.33. The van der Waals surface area contributed by atoms with E-state index in [0.29, 0.717) is 6.41 Å². The summed E-state index contributed by atoms with van der Waals surface area (Å²) < 4.78 is 9.65. The Morgan fingerprint density at radius 2 is 2.05 bits per heavy atom. The van der Waals surface area contributed by atoms with Gasteiger partial charge in [-0.15, -0.1) is 0 Å². The Hall–Kier alpha value is -1.89. The van der Waals surface area contributed by atoms with E-state index in [1.54, 1.807) is 13.8 Å². The molecule has 0 saturated carbocycles. The summed E-state index contributed by atoms with van der Waals surface area (Å²) >= 11 is 0. The van der Waals surface area contributed by atoms with Crippen LogP contribution in [-0.4, -0.2) is 48.3 Å². The predicted octanol–water partition coefficient (Wildman–Crippen LogP) is -0.0771. The molecule has 0 bridgehead atoms. The van der Waals surface area contributed by atoms with Gasteiger partial charge in [-0.25, -0.2) is 4.79 Å². The van der Waals surface area contributed by atoms with Gasteiger partial charge in [0.05, 0.1) is 6.61 Å². The van der Waals surface area contributed by atoms with Crippen LogP contribution in [0.1, 0.15) is 27.2 Å². The van der Waals surface area contributed by atoms with Crippen molar-refractivity contribution in [2.45, 2.75) is 45.4 Å². The van der Waals surface area contributed by atoms with E-state index in [1.807, 2.05) is 0 Å². The van der Waals surface area contributed by atoms with Gasteiger partial charge in [0.25, 0.3) is 0 Å². The zero-order chi connectivity index (χ0) is 15.7. The molecular formula is C13H21NO6. The van der Waals surface area contributed by atoms with E-state index < -0.39 is 30.2 Å². The lowest BCUT2D eigenvalue weighted by Gasteiger charge is -2.24. The van der Waals surface area contributed by atoms with Crippen LogP contribution in [0.15, 0.2) is 12.2 Å². The highest BCUT2D eigenvalue weighted by atomic mass is 16.5. The molecule has 114 valence electrons. The molecule has 3 unspecified atom stereocenters. The van der Waals surface area contributed by atoms with Gasteiger partial charge in [-0.3, -0.25) is 9.59 Å². The normalized spacial score (nSPS) is 14.6. The van der Waals surface area contributed by atoms with Gasteiger partial charge in [0.2, 0.25) is 6.41 Å². The van der Waals surface area contributed by atoms with Gasteiger partial charge in [-0.1, -0.05) is 6.58 Å². The van der Waals surface area contributed by atoms with Crippen LogP contribution in [0.5, 0.6) is 0 Å². The molecule has 7 nitrogen and oxygen atoms in total. The van der Waals surface area contributed by atoms with E-state index in [4.69, 9.17) is 9.47 Å². The summed E-state index contributed by atoms with van der Waals surface area (Å²) in [5.41, 5.74) is 0.256. The van der Waals surface area contributed by atoms with Crippen molar-refractivity contribution >= 4 is 18.3 Å². The fourth-order valence-electron chi connectivity index (χ4n) is 1.64. The third-order valence-corrected chi connectivity index (χ3v) is 2.44. The molecule has 0 aromatic heterocycles. The molecule has 2 N–H and O–H groups in total. The fraction of sp³-hybridized carbons (Fsp3) is 0.615. The van der Waals surface area contributed by atoms with Crippen molar-refractivity contribution in [2.75, 3.05) is 6.61 Å². The Morgan fingerprint density at radius 1 is 1.45 bits per heavy atom. The van der Waals surface area contributed by atoms with Crippen molar-refractivity contribution < 1.29 is 29.0 Å². The molecule has 0 spiro atoms. The van der Waals surface area contributed by atoms with E-state index in [-0.39, 0.29) is 18.6 Å². The second kappa shape index (κ2) is 9.08. The average molecular weight is 287 g/mol. The highest BCUT2D eigenvalue weighted by Crippen LogP contribution is 2.14. The number of aliphatic hydroxyl groups excluding tert-OH is 1. The number of carbonyl (C=O) groups is 3. The lowest BCUT2D eigenvalue weighted by Crippen LogP contribution is -2.47. The number of hydrogen-bond donors (Lipinski definition) is 2. The largest absolute Gasteiger partial charge is 0.464 e. The monoisotopic (exact) mass is 287 g/mol. The minimum atomic E-state index is -1.32. The average Bonchev–Trinajstić information content (AvgIpc) is 2.34. The summed E-state index contributed by atoms with van der Waals surface area (Å²) in [4.78, 5) is 32.9. The first-order valence-electron chi connectivity index (χ1n) is 6.22. The number of esters is 2. The minimum absolute atomic E-state index is 0.124. The number of carbonyl (C=O) groups excluding carboxylic acids is 3. The quantitative estimate of drug-likeness (QED) is 0.349. The van der Waals surface area contributed by atoms with Gasteiger partial charge in [-0.05, 0) is 19.4 Å². The summed E-state index contributed by atoms with van der Waals surface area (Å²) in [5.74, 6) is -1.21. The first-order valence-corrected chi connectivity index (χ1v) is 6.22. The van der Waals surface area contributed by atoms with Crippen LogP contribution in [0.3, 0.4) is 0 Å². The van der Waals surface area contributed by atoms with Crippen LogP contribution in [0.25, 0.3) is 0 Å². The molecule has 0 aliphatic heterocycles. The Labute approximate surface area is 117 Å². The molecule has 7 heteroatoms. The first-order chi connectivity index (χ1) is 9.33. The summed E-state index contributed by atoms with van der Waals surface area (Å²) in [7, 11) is 0. The van der Waals surface area contributed by atoms with Crippen LogP contribution < -0.4 is 5.32 Å². The Bertz CT molecular complexity index is 368. The molecule has 0 aliphatic rings. The first kappa shape index (κ1) is 18.1. The molecule has 20 heavy (non-hydrogen) atoms. The third-order valence-electron chi connectivity index (χ3n) is 2.44. The molecule has 0 heterocycles. The van der Waals surface area contributed by atoms with Gasteiger partial charge >= 0.3 is 11.9 Å². The summed E-state index contributed by atoms with van der Waals surface area (Å²) in [5, 5.41) is 12.2. The smallest absolute Gasteiger partial charge is 0.331 e. The Kier molecular flexibility index (Phi) is 8.23. The molecular weight excluding hydrogens is 266 g/mol. The van der Waals surface area contributed by atoms with E-state index in [1.165, 1.54) is 6.92 Å². The maximum atomic E-state index is 11.6. The maximum Gasteiger partial charge on any atom is 0.331 e. The van der Waals surface area contributed by atoms with Gasteiger partial charge in [0, 0.05) is 13.3 Å². The van der Waals surface area contributed by atoms with Crippen LogP contribution in [-0.2, 0) is 23.9 Å².